The highest BCUT2D eigenvalue weighted by molar-refractivity contribution is 7.17. The summed E-state index contributed by atoms with van der Waals surface area (Å²) in [5, 5.41) is 2.66. The number of nitrogens with zero attached hydrogens (tertiary/aromatic N) is 4. The van der Waals surface area contributed by atoms with Gasteiger partial charge in [0.05, 0.1) is 24.8 Å². The lowest BCUT2D eigenvalue weighted by molar-refractivity contribution is 0.148. The maximum absolute atomic E-state index is 12.8. The predicted octanol–water partition coefficient (Wildman–Crippen LogP) is 4.11. The molecule has 4 aromatic rings. The van der Waals surface area contributed by atoms with E-state index in [1.807, 2.05) is 23.6 Å². The van der Waals surface area contributed by atoms with E-state index in [1.165, 1.54) is 47.9 Å². The van der Waals surface area contributed by atoms with Gasteiger partial charge in [0.15, 0.2) is 17.1 Å². The van der Waals surface area contributed by atoms with Crippen LogP contribution < -0.4 is 15.0 Å². The molecule has 0 radical (unpaired) electrons. The van der Waals surface area contributed by atoms with Gasteiger partial charge in [-0.25, -0.2) is 14.4 Å². The van der Waals surface area contributed by atoms with E-state index in [9.17, 15) is 4.79 Å². The van der Waals surface area contributed by atoms with Crippen LogP contribution in [0.15, 0.2) is 34.7 Å². The van der Waals surface area contributed by atoms with Crippen molar-refractivity contribution in [3.05, 3.63) is 40.3 Å². The highest BCUT2D eigenvalue weighted by Gasteiger charge is 2.18. The van der Waals surface area contributed by atoms with Crippen molar-refractivity contribution in [1.82, 2.24) is 19.3 Å². The van der Waals surface area contributed by atoms with Crippen molar-refractivity contribution in [3.8, 4) is 11.5 Å². The molecule has 5 rings (SSSR count). The fourth-order valence-corrected chi connectivity index (χ4v) is 5.15. The molecular weight excluding hydrogens is 412 g/mol. The molecule has 162 valence electrons. The van der Waals surface area contributed by atoms with Crippen LogP contribution in [-0.4, -0.2) is 52.1 Å². The smallest absolute Gasteiger partial charge is 0.277 e. The van der Waals surface area contributed by atoms with Crippen molar-refractivity contribution in [3.63, 3.8) is 0 Å². The van der Waals surface area contributed by atoms with Crippen molar-refractivity contribution < 1.29 is 9.47 Å². The molecule has 1 aliphatic heterocycles. The van der Waals surface area contributed by atoms with Crippen LogP contribution in [0.2, 0.25) is 0 Å². The van der Waals surface area contributed by atoms with Gasteiger partial charge < -0.3 is 14.4 Å². The fourth-order valence-electron chi connectivity index (χ4n) is 4.39. The summed E-state index contributed by atoms with van der Waals surface area (Å²) in [6, 6.07) is 6.27. The summed E-state index contributed by atoms with van der Waals surface area (Å²) in [6.07, 6.45) is 6.38. The van der Waals surface area contributed by atoms with Gasteiger partial charge in [0.2, 0.25) is 0 Å². The molecule has 0 aliphatic carbocycles. The maximum atomic E-state index is 12.8. The van der Waals surface area contributed by atoms with Gasteiger partial charge in [-0.05, 0) is 50.2 Å². The van der Waals surface area contributed by atoms with E-state index in [1.54, 1.807) is 7.11 Å². The molecule has 1 saturated heterocycles. The number of piperidine rings is 1. The molecule has 4 heterocycles. The average Bonchev–Trinajstić information content (AvgIpc) is 3.26. The normalized spacial score (nSPS) is 17.5. The number of aromatic nitrogens is 3. The van der Waals surface area contributed by atoms with Gasteiger partial charge in [-0.15, -0.1) is 11.3 Å². The van der Waals surface area contributed by atoms with E-state index in [-0.39, 0.29) is 5.56 Å². The molecular formula is C23H26N4O3S. The number of fused-ring (bicyclic) bond motifs is 4. The lowest BCUT2D eigenvalue weighted by Gasteiger charge is -2.33. The summed E-state index contributed by atoms with van der Waals surface area (Å²) < 4.78 is 13.8. The molecule has 1 aliphatic rings. The minimum absolute atomic E-state index is 0.0988. The van der Waals surface area contributed by atoms with Crippen molar-refractivity contribution in [2.24, 2.45) is 0 Å². The summed E-state index contributed by atoms with van der Waals surface area (Å²) in [5.41, 5.74) is 1.90. The highest BCUT2D eigenvalue weighted by Crippen LogP contribution is 2.33. The van der Waals surface area contributed by atoms with E-state index in [0.29, 0.717) is 45.5 Å². The van der Waals surface area contributed by atoms with Gasteiger partial charge >= 0.3 is 0 Å². The van der Waals surface area contributed by atoms with E-state index in [4.69, 9.17) is 14.5 Å². The Labute approximate surface area is 184 Å². The summed E-state index contributed by atoms with van der Waals surface area (Å²) in [6.45, 7) is 5.12. The Balaban J connectivity index is 1.45. The van der Waals surface area contributed by atoms with E-state index in [2.05, 4.69) is 16.8 Å². The molecule has 0 saturated carbocycles. The monoisotopic (exact) mass is 438 g/mol. The fraction of sp³-hybridized carbons (Fsp3) is 0.435. The topological polar surface area (TPSA) is 69.0 Å². The largest absolute Gasteiger partial charge is 0.493 e. The van der Waals surface area contributed by atoms with Gasteiger partial charge in [-0.3, -0.25) is 4.79 Å². The second kappa shape index (κ2) is 8.43. The summed E-state index contributed by atoms with van der Waals surface area (Å²) in [7, 11) is 1.63. The first-order valence-corrected chi connectivity index (χ1v) is 11.7. The Morgan fingerprint density at radius 2 is 2.13 bits per heavy atom. The Bertz CT molecular complexity index is 1300. The zero-order chi connectivity index (χ0) is 21.4. The van der Waals surface area contributed by atoms with Crippen molar-refractivity contribution in [2.75, 3.05) is 26.8 Å². The van der Waals surface area contributed by atoms with Crippen LogP contribution in [0.4, 0.5) is 0 Å². The van der Waals surface area contributed by atoms with Crippen molar-refractivity contribution in [2.45, 2.75) is 38.6 Å². The Morgan fingerprint density at radius 3 is 2.97 bits per heavy atom. The number of likely N-dealkylation sites (tertiary alicyclic amines) is 1. The van der Waals surface area contributed by atoms with Crippen LogP contribution in [0.25, 0.3) is 26.8 Å². The third-order valence-corrected chi connectivity index (χ3v) is 7.03. The molecule has 31 heavy (non-hydrogen) atoms. The Hall–Kier alpha value is -2.71. The van der Waals surface area contributed by atoms with Crippen molar-refractivity contribution >= 4 is 38.1 Å². The molecule has 0 amide bonds. The molecule has 0 N–H and O–H groups in total. The van der Waals surface area contributed by atoms with Gasteiger partial charge in [-0.2, -0.15) is 0 Å². The van der Waals surface area contributed by atoms with E-state index >= 15 is 0 Å². The number of hydrogen-bond donors (Lipinski definition) is 0. The molecule has 3 aromatic heterocycles. The SMILES string of the molecule is COc1cc2ncn3c(=O)c4sccc4nc3c2cc1OCCCN1CCCCC1C. The third-order valence-electron chi connectivity index (χ3n) is 6.13. The van der Waals surface area contributed by atoms with Crippen LogP contribution in [0.1, 0.15) is 32.6 Å². The zero-order valence-corrected chi connectivity index (χ0v) is 18.7. The number of benzene rings is 1. The molecule has 1 aromatic carbocycles. The van der Waals surface area contributed by atoms with Gasteiger partial charge in [-0.1, -0.05) is 6.42 Å². The van der Waals surface area contributed by atoms with Crippen LogP contribution >= 0.6 is 11.3 Å². The molecule has 1 atom stereocenters. The number of rotatable bonds is 6. The lowest BCUT2D eigenvalue weighted by atomic mass is 10.0. The first-order chi connectivity index (χ1) is 15.2. The zero-order valence-electron chi connectivity index (χ0n) is 17.8. The number of methoxy groups -OCH3 is 1. The molecule has 0 spiro atoms. The Morgan fingerprint density at radius 1 is 1.23 bits per heavy atom. The molecule has 1 unspecified atom stereocenters. The van der Waals surface area contributed by atoms with Crippen LogP contribution in [0.5, 0.6) is 11.5 Å². The number of hydrogen-bond acceptors (Lipinski definition) is 7. The second-order valence-corrected chi connectivity index (χ2v) is 9.01. The molecule has 0 bridgehead atoms. The van der Waals surface area contributed by atoms with Crippen LogP contribution in [0, 0.1) is 0 Å². The Kier molecular flexibility index (Phi) is 5.50. The van der Waals surface area contributed by atoms with Gasteiger partial charge in [0.1, 0.15) is 11.0 Å². The summed E-state index contributed by atoms with van der Waals surface area (Å²) >= 11 is 1.40. The summed E-state index contributed by atoms with van der Waals surface area (Å²) in [4.78, 5) is 24.5. The van der Waals surface area contributed by atoms with E-state index in [0.717, 1.165) is 18.4 Å². The van der Waals surface area contributed by atoms with Gasteiger partial charge in [0.25, 0.3) is 5.56 Å². The average molecular weight is 439 g/mol. The predicted molar refractivity (Wildman–Crippen MR) is 124 cm³/mol. The van der Waals surface area contributed by atoms with Crippen molar-refractivity contribution in [1.29, 1.82) is 0 Å². The van der Waals surface area contributed by atoms with Crippen LogP contribution in [-0.2, 0) is 0 Å². The van der Waals surface area contributed by atoms with E-state index < -0.39 is 0 Å². The lowest BCUT2D eigenvalue weighted by Crippen LogP contribution is -2.38. The molecule has 8 heteroatoms. The number of ether oxygens (including phenoxy) is 2. The first-order valence-electron chi connectivity index (χ1n) is 10.8. The number of thiophene rings is 1. The first kappa shape index (κ1) is 20.2. The molecule has 7 nitrogen and oxygen atoms in total. The second-order valence-electron chi connectivity index (χ2n) is 8.09. The highest BCUT2D eigenvalue weighted by atomic mass is 32.1. The standard InChI is InChI=1S/C23H26N4O3S/c1-15-6-3-4-8-26(15)9-5-10-30-20-12-16-18(13-19(20)29-2)24-14-27-22(16)25-17-7-11-31-21(17)23(27)28/h7,11-15H,3-6,8-10H2,1-2H3. The maximum Gasteiger partial charge on any atom is 0.277 e. The summed E-state index contributed by atoms with van der Waals surface area (Å²) in [5.74, 6) is 1.28. The minimum atomic E-state index is -0.0988. The van der Waals surface area contributed by atoms with Crippen LogP contribution in [0.3, 0.4) is 0 Å². The molecule has 1 fully saturated rings. The minimum Gasteiger partial charge on any atom is -0.493 e. The quantitative estimate of drug-likeness (QED) is 0.333. The third kappa shape index (κ3) is 3.74. The van der Waals surface area contributed by atoms with Gasteiger partial charge in [0, 0.05) is 24.0 Å².